The van der Waals surface area contributed by atoms with Crippen LogP contribution in [-0.2, 0) is 10.0 Å². The lowest BCUT2D eigenvalue weighted by atomic mass is 10.1. The van der Waals surface area contributed by atoms with E-state index in [2.05, 4.69) is 25.2 Å². The lowest BCUT2D eigenvalue weighted by Crippen LogP contribution is -2.30. The SMILES string of the molecule is O=C(Nc1nc(N2CCCCC2)n[nH]1)c1ccc(Cl)c(NS(=O)(=O)c2ccc(F)cc2)c1. The molecule has 2 heterocycles. The molecule has 0 unspecified atom stereocenters. The minimum absolute atomic E-state index is 0.00946. The molecule has 1 amide bonds. The van der Waals surface area contributed by atoms with Gasteiger partial charge in [-0.3, -0.25) is 14.8 Å². The molecule has 0 bridgehead atoms. The number of sulfonamides is 1. The molecule has 1 aromatic heterocycles. The average molecular weight is 479 g/mol. The van der Waals surface area contributed by atoms with Gasteiger partial charge in [0.1, 0.15) is 5.82 Å². The molecule has 1 aliphatic heterocycles. The second kappa shape index (κ2) is 9.13. The topological polar surface area (TPSA) is 120 Å². The molecule has 2 aromatic carbocycles. The number of nitrogens with one attached hydrogen (secondary N) is 3. The van der Waals surface area contributed by atoms with Crippen molar-refractivity contribution in [1.82, 2.24) is 15.2 Å². The predicted octanol–water partition coefficient (Wildman–Crippen LogP) is 3.64. The number of amides is 1. The summed E-state index contributed by atoms with van der Waals surface area (Å²) in [4.78, 5) is 18.9. The first kappa shape index (κ1) is 22.0. The Labute approximate surface area is 189 Å². The van der Waals surface area contributed by atoms with Crippen LogP contribution in [0.2, 0.25) is 5.02 Å². The summed E-state index contributed by atoms with van der Waals surface area (Å²) >= 11 is 6.12. The number of hydrogen-bond acceptors (Lipinski definition) is 6. The van der Waals surface area contributed by atoms with Gasteiger partial charge >= 0.3 is 0 Å². The molecule has 12 heteroatoms. The molecule has 32 heavy (non-hydrogen) atoms. The monoisotopic (exact) mass is 478 g/mol. The zero-order chi connectivity index (χ0) is 22.7. The molecule has 1 saturated heterocycles. The van der Waals surface area contributed by atoms with Gasteiger partial charge in [0.05, 0.1) is 15.6 Å². The van der Waals surface area contributed by atoms with Crippen LogP contribution in [0.4, 0.5) is 22.0 Å². The summed E-state index contributed by atoms with van der Waals surface area (Å²) in [6.45, 7) is 1.72. The lowest BCUT2D eigenvalue weighted by Gasteiger charge is -2.24. The summed E-state index contributed by atoms with van der Waals surface area (Å²) in [6.07, 6.45) is 3.31. The third-order valence-corrected chi connectivity index (χ3v) is 6.65. The second-order valence-electron chi connectivity index (χ2n) is 7.24. The number of carbonyl (C=O) groups excluding carboxylic acids is 1. The Balaban J connectivity index is 1.49. The fraction of sp³-hybridized carbons (Fsp3) is 0.250. The number of aromatic amines is 1. The van der Waals surface area contributed by atoms with E-state index in [4.69, 9.17) is 11.6 Å². The van der Waals surface area contributed by atoms with Crippen LogP contribution < -0.4 is 14.9 Å². The summed E-state index contributed by atoms with van der Waals surface area (Å²) in [5.74, 6) is -0.385. The van der Waals surface area contributed by atoms with Gasteiger partial charge in [0.2, 0.25) is 11.9 Å². The van der Waals surface area contributed by atoms with Crippen LogP contribution in [0.1, 0.15) is 29.6 Å². The summed E-state index contributed by atoms with van der Waals surface area (Å²) in [6, 6.07) is 8.50. The Morgan fingerprint density at radius 1 is 1.09 bits per heavy atom. The number of hydrogen-bond donors (Lipinski definition) is 3. The summed E-state index contributed by atoms with van der Waals surface area (Å²) in [5, 5.41) is 9.54. The fourth-order valence-corrected chi connectivity index (χ4v) is 4.58. The summed E-state index contributed by atoms with van der Waals surface area (Å²) in [5.41, 5.74) is 0.164. The second-order valence-corrected chi connectivity index (χ2v) is 9.33. The minimum Gasteiger partial charge on any atom is -0.340 e. The third-order valence-electron chi connectivity index (χ3n) is 4.94. The molecule has 4 rings (SSSR count). The highest BCUT2D eigenvalue weighted by molar-refractivity contribution is 7.92. The number of aromatic nitrogens is 3. The first-order valence-corrected chi connectivity index (χ1v) is 11.7. The Kier molecular flexibility index (Phi) is 6.28. The number of anilines is 3. The standard InChI is InChI=1S/C20H20ClFN6O3S/c21-16-9-4-13(12-17(16)27-32(30,31)15-7-5-14(22)6-8-15)18(29)23-19-24-20(26-25-19)28-10-2-1-3-11-28/h4-9,12,27H,1-3,10-11H2,(H2,23,24,25,26,29). The van der Waals surface area contributed by atoms with Gasteiger partial charge in [-0.1, -0.05) is 11.6 Å². The number of halogens is 2. The predicted molar refractivity (Wildman–Crippen MR) is 119 cm³/mol. The van der Waals surface area contributed by atoms with Gasteiger partial charge in [-0.05, 0) is 61.7 Å². The van der Waals surface area contributed by atoms with E-state index in [1.54, 1.807) is 0 Å². The van der Waals surface area contributed by atoms with Crippen molar-refractivity contribution < 1.29 is 17.6 Å². The van der Waals surface area contributed by atoms with E-state index in [9.17, 15) is 17.6 Å². The van der Waals surface area contributed by atoms with Crippen LogP contribution in [0.5, 0.6) is 0 Å². The van der Waals surface area contributed by atoms with Crippen molar-refractivity contribution in [1.29, 1.82) is 0 Å². The highest BCUT2D eigenvalue weighted by atomic mass is 35.5. The van der Waals surface area contributed by atoms with Crippen LogP contribution in [0.25, 0.3) is 0 Å². The van der Waals surface area contributed by atoms with Crippen molar-refractivity contribution >= 4 is 45.1 Å². The fourth-order valence-electron chi connectivity index (χ4n) is 3.29. The van der Waals surface area contributed by atoms with E-state index in [0.29, 0.717) is 5.95 Å². The van der Waals surface area contributed by atoms with Crippen molar-refractivity contribution in [3.05, 3.63) is 58.9 Å². The molecule has 3 aromatic rings. The number of carbonyl (C=O) groups is 1. The first-order valence-electron chi connectivity index (χ1n) is 9.88. The van der Waals surface area contributed by atoms with E-state index >= 15 is 0 Å². The number of piperidine rings is 1. The maximum atomic E-state index is 13.1. The van der Waals surface area contributed by atoms with Crippen LogP contribution in [0.3, 0.4) is 0 Å². The van der Waals surface area contributed by atoms with E-state index in [-0.39, 0.29) is 27.1 Å². The zero-order valence-electron chi connectivity index (χ0n) is 16.8. The number of rotatable bonds is 6. The maximum Gasteiger partial charge on any atom is 0.261 e. The summed E-state index contributed by atoms with van der Waals surface area (Å²) in [7, 11) is -4.03. The van der Waals surface area contributed by atoms with Crippen LogP contribution >= 0.6 is 11.6 Å². The Bertz CT molecular complexity index is 1230. The van der Waals surface area contributed by atoms with Crippen LogP contribution in [0, 0.1) is 5.82 Å². The average Bonchev–Trinajstić information content (AvgIpc) is 3.24. The molecule has 0 spiro atoms. The smallest absolute Gasteiger partial charge is 0.261 e. The molecule has 168 valence electrons. The van der Waals surface area contributed by atoms with Crippen LogP contribution in [0.15, 0.2) is 47.4 Å². The van der Waals surface area contributed by atoms with Gasteiger partial charge in [0, 0.05) is 18.7 Å². The van der Waals surface area contributed by atoms with E-state index < -0.39 is 21.7 Å². The third kappa shape index (κ3) is 5.00. The van der Waals surface area contributed by atoms with Crippen LogP contribution in [-0.4, -0.2) is 42.6 Å². The van der Waals surface area contributed by atoms with Gasteiger partial charge in [0.25, 0.3) is 15.9 Å². The van der Waals surface area contributed by atoms with Crippen molar-refractivity contribution in [2.45, 2.75) is 24.2 Å². The van der Waals surface area contributed by atoms with Gasteiger partial charge in [-0.15, -0.1) is 5.10 Å². The lowest BCUT2D eigenvalue weighted by molar-refractivity contribution is 0.102. The van der Waals surface area contributed by atoms with Gasteiger partial charge < -0.3 is 4.90 Å². The largest absolute Gasteiger partial charge is 0.340 e. The zero-order valence-corrected chi connectivity index (χ0v) is 18.4. The quantitative estimate of drug-likeness (QED) is 0.497. The molecular formula is C20H20ClFN6O3S. The van der Waals surface area contributed by atoms with Crippen molar-refractivity contribution in [3.63, 3.8) is 0 Å². The van der Waals surface area contributed by atoms with Gasteiger partial charge in [0.15, 0.2) is 0 Å². The van der Waals surface area contributed by atoms with Gasteiger partial charge in [-0.25, -0.2) is 17.9 Å². The molecule has 1 fully saturated rings. The molecule has 3 N–H and O–H groups in total. The molecule has 0 aliphatic carbocycles. The first-order chi connectivity index (χ1) is 15.3. The minimum atomic E-state index is -4.03. The maximum absolute atomic E-state index is 13.1. The highest BCUT2D eigenvalue weighted by Crippen LogP contribution is 2.26. The number of H-pyrrole nitrogens is 1. The van der Waals surface area contributed by atoms with Crippen molar-refractivity contribution in [2.24, 2.45) is 0 Å². The van der Waals surface area contributed by atoms with Crippen molar-refractivity contribution in [2.75, 3.05) is 28.0 Å². The van der Waals surface area contributed by atoms with Gasteiger partial charge in [-0.2, -0.15) is 4.98 Å². The number of benzene rings is 2. The Morgan fingerprint density at radius 3 is 2.53 bits per heavy atom. The Hall–Kier alpha value is -3.18. The molecule has 9 nitrogen and oxygen atoms in total. The number of nitrogens with zero attached hydrogens (tertiary/aromatic N) is 3. The normalized spacial score (nSPS) is 14.2. The van der Waals surface area contributed by atoms with E-state index in [1.807, 2.05) is 4.90 Å². The van der Waals surface area contributed by atoms with E-state index in [1.165, 1.54) is 24.6 Å². The van der Waals surface area contributed by atoms with Crippen molar-refractivity contribution in [3.8, 4) is 0 Å². The molecule has 0 radical (unpaired) electrons. The Morgan fingerprint density at radius 2 is 1.81 bits per heavy atom. The molecule has 0 atom stereocenters. The molecule has 1 aliphatic rings. The molecular weight excluding hydrogens is 459 g/mol. The molecule has 0 saturated carbocycles. The van der Waals surface area contributed by atoms with E-state index in [0.717, 1.165) is 50.2 Å². The summed E-state index contributed by atoms with van der Waals surface area (Å²) < 4.78 is 40.6. The highest BCUT2D eigenvalue weighted by Gasteiger charge is 2.19.